The van der Waals surface area contributed by atoms with Crippen LogP contribution in [0.5, 0.6) is 0 Å². The first-order chi connectivity index (χ1) is 6.20. The summed E-state index contributed by atoms with van der Waals surface area (Å²) in [5.41, 5.74) is -0.674. The minimum Gasteiger partial charge on any atom is -0.458 e. The summed E-state index contributed by atoms with van der Waals surface area (Å²) in [6.45, 7) is 4.71. The molecule has 0 aromatic heterocycles. The Bertz CT molecular complexity index is 325. The van der Waals surface area contributed by atoms with Gasteiger partial charge in [0.1, 0.15) is 12.2 Å². The quantitative estimate of drug-likeness (QED) is 0.583. The third-order valence-electron chi connectivity index (χ3n) is 1.27. The third kappa shape index (κ3) is 3.24. The highest BCUT2D eigenvalue weighted by Gasteiger charge is 2.38. The maximum atomic E-state index is 11.3. The number of rotatable bonds is 1. The van der Waals surface area contributed by atoms with Crippen molar-refractivity contribution in [1.29, 1.82) is 0 Å². The fraction of sp³-hybridized carbons (Fsp3) is 0.857. The number of hydrogen-bond acceptors (Lipinski definition) is 6. The molecule has 1 rings (SSSR count). The second-order valence-electron chi connectivity index (χ2n) is 3.81. The van der Waals surface area contributed by atoms with Crippen LogP contribution in [0.15, 0.2) is 0 Å². The lowest BCUT2D eigenvalue weighted by atomic mass is 10.2. The molecule has 0 amide bonds. The van der Waals surface area contributed by atoms with E-state index in [2.05, 4.69) is 8.37 Å². The monoisotopic (exact) mass is 224 g/mol. The van der Waals surface area contributed by atoms with Crippen LogP contribution in [-0.2, 0) is 28.3 Å². The van der Waals surface area contributed by atoms with Gasteiger partial charge in [-0.1, -0.05) is 0 Å². The predicted octanol–water partition coefficient (Wildman–Crippen LogP) is -0.0117. The van der Waals surface area contributed by atoms with Crippen molar-refractivity contribution in [3.8, 4) is 0 Å². The van der Waals surface area contributed by atoms with Crippen molar-refractivity contribution < 1.29 is 26.3 Å². The highest BCUT2D eigenvalue weighted by Crippen LogP contribution is 2.17. The van der Waals surface area contributed by atoms with Gasteiger partial charge in [0.2, 0.25) is 6.10 Å². The summed E-state index contributed by atoms with van der Waals surface area (Å²) in [6, 6.07) is 0. The summed E-state index contributed by atoms with van der Waals surface area (Å²) < 4.78 is 34.8. The topological polar surface area (TPSA) is 78.9 Å². The van der Waals surface area contributed by atoms with E-state index in [1.54, 1.807) is 20.8 Å². The van der Waals surface area contributed by atoms with Gasteiger partial charge in [-0.15, -0.1) is 0 Å². The highest BCUT2D eigenvalue weighted by molar-refractivity contribution is 7.82. The molecular weight excluding hydrogens is 212 g/mol. The van der Waals surface area contributed by atoms with Crippen molar-refractivity contribution in [2.45, 2.75) is 32.5 Å². The van der Waals surface area contributed by atoms with E-state index < -0.39 is 28.1 Å². The minimum atomic E-state index is -4.00. The average Bonchev–Trinajstić information content (AvgIpc) is 2.26. The van der Waals surface area contributed by atoms with Crippen molar-refractivity contribution in [2.75, 3.05) is 6.61 Å². The summed E-state index contributed by atoms with van der Waals surface area (Å²) >= 11 is 0. The molecule has 1 saturated heterocycles. The second kappa shape index (κ2) is 3.48. The largest absolute Gasteiger partial charge is 0.458 e. The first-order valence-corrected chi connectivity index (χ1v) is 5.33. The predicted molar refractivity (Wildman–Crippen MR) is 45.6 cm³/mol. The zero-order valence-corrected chi connectivity index (χ0v) is 8.96. The molecule has 0 aromatic rings. The number of ether oxygens (including phenoxy) is 1. The fourth-order valence-corrected chi connectivity index (χ4v) is 1.58. The molecule has 82 valence electrons. The lowest BCUT2D eigenvalue weighted by Crippen LogP contribution is -2.33. The number of carbonyl (C=O) groups is 1. The lowest BCUT2D eigenvalue weighted by Gasteiger charge is -2.20. The zero-order chi connectivity index (χ0) is 11.0. The Hall–Kier alpha value is -0.660. The van der Waals surface area contributed by atoms with Crippen LogP contribution in [-0.4, -0.2) is 32.7 Å². The smallest absolute Gasteiger partial charge is 0.400 e. The Morgan fingerprint density at radius 2 is 2.00 bits per heavy atom. The van der Waals surface area contributed by atoms with E-state index in [1.165, 1.54) is 0 Å². The van der Waals surface area contributed by atoms with E-state index in [0.29, 0.717) is 0 Å². The fourth-order valence-electron chi connectivity index (χ4n) is 0.818. The summed E-state index contributed by atoms with van der Waals surface area (Å²) in [5.74, 6) is -0.737. The van der Waals surface area contributed by atoms with E-state index in [1.807, 2.05) is 0 Å². The maximum absolute atomic E-state index is 11.3. The van der Waals surface area contributed by atoms with Crippen molar-refractivity contribution in [1.82, 2.24) is 0 Å². The SMILES string of the molecule is CC(C)(C)OC(=O)C1COS(=O)(=O)O1. The molecule has 1 aliphatic rings. The number of esters is 1. The summed E-state index contributed by atoms with van der Waals surface area (Å²) in [6.07, 6.45) is -1.18. The van der Waals surface area contributed by atoms with Gasteiger partial charge in [-0.05, 0) is 20.8 Å². The minimum absolute atomic E-state index is 0.322. The Balaban J connectivity index is 2.57. The van der Waals surface area contributed by atoms with Crippen molar-refractivity contribution in [3.05, 3.63) is 0 Å². The van der Waals surface area contributed by atoms with Gasteiger partial charge in [0.25, 0.3) is 0 Å². The van der Waals surface area contributed by atoms with Gasteiger partial charge in [0, 0.05) is 0 Å². The molecule has 1 atom stereocenters. The van der Waals surface area contributed by atoms with Crippen molar-refractivity contribution in [2.24, 2.45) is 0 Å². The van der Waals surface area contributed by atoms with Crippen LogP contribution in [0.2, 0.25) is 0 Å². The van der Waals surface area contributed by atoms with E-state index in [-0.39, 0.29) is 6.61 Å². The molecule has 0 aliphatic carbocycles. The van der Waals surface area contributed by atoms with Crippen molar-refractivity contribution >= 4 is 16.4 Å². The van der Waals surface area contributed by atoms with E-state index in [4.69, 9.17) is 4.74 Å². The molecule has 0 N–H and O–H groups in total. The van der Waals surface area contributed by atoms with Gasteiger partial charge in [0.05, 0.1) is 0 Å². The summed E-state index contributed by atoms with van der Waals surface area (Å²) in [4.78, 5) is 11.3. The van der Waals surface area contributed by atoms with Crippen LogP contribution in [0.1, 0.15) is 20.8 Å². The van der Waals surface area contributed by atoms with Crippen LogP contribution < -0.4 is 0 Å². The van der Waals surface area contributed by atoms with E-state index >= 15 is 0 Å². The molecule has 14 heavy (non-hydrogen) atoms. The molecule has 1 fully saturated rings. The first-order valence-electron chi connectivity index (χ1n) is 4.00. The molecule has 7 heteroatoms. The number of carbonyl (C=O) groups excluding carboxylic acids is 1. The average molecular weight is 224 g/mol. The van der Waals surface area contributed by atoms with Gasteiger partial charge in [-0.3, -0.25) is 0 Å². The Labute approximate surface area is 82.5 Å². The third-order valence-corrected chi connectivity index (χ3v) is 2.16. The molecular formula is C7H12O6S. The van der Waals surface area contributed by atoms with Crippen LogP contribution in [0.4, 0.5) is 0 Å². The van der Waals surface area contributed by atoms with Gasteiger partial charge >= 0.3 is 16.4 Å². The standard InChI is InChI=1S/C7H12O6S/c1-7(2,3)12-6(8)5-4-11-14(9,10)13-5/h5H,4H2,1-3H3. The molecule has 0 saturated carbocycles. The highest BCUT2D eigenvalue weighted by atomic mass is 32.3. The van der Waals surface area contributed by atoms with Crippen molar-refractivity contribution in [3.63, 3.8) is 0 Å². The molecule has 0 aromatic carbocycles. The van der Waals surface area contributed by atoms with E-state index in [0.717, 1.165) is 0 Å². The van der Waals surface area contributed by atoms with Crippen LogP contribution >= 0.6 is 0 Å². The van der Waals surface area contributed by atoms with Gasteiger partial charge < -0.3 is 4.74 Å². The molecule has 1 heterocycles. The van der Waals surface area contributed by atoms with Crippen LogP contribution in [0, 0.1) is 0 Å². The molecule has 0 radical (unpaired) electrons. The molecule has 1 unspecified atom stereocenters. The maximum Gasteiger partial charge on any atom is 0.400 e. The summed E-state index contributed by atoms with van der Waals surface area (Å²) in [7, 11) is -4.00. The molecule has 0 bridgehead atoms. The molecule has 1 aliphatic heterocycles. The van der Waals surface area contributed by atoms with Crippen LogP contribution in [0.3, 0.4) is 0 Å². The Morgan fingerprint density at radius 1 is 1.43 bits per heavy atom. The molecule has 6 nitrogen and oxygen atoms in total. The van der Waals surface area contributed by atoms with Gasteiger partial charge in [0.15, 0.2) is 0 Å². The lowest BCUT2D eigenvalue weighted by molar-refractivity contribution is -0.162. The Kier molecular flexibility index (Phi) is 2.84. The first kappa shape index (κ1) is 11.4. The molecule has 0 spiro atoms. The second-order valence-corrected chi connectivity index (χ2v) is 5.06. The normalized spacial score (nSPS) is 26.1. The number of hydrogen-bond donors (Lipinski definition) is 0. The van der Waals surface area contributed by atoms with Gasteiger partial charge in [-0.25, -0.2) is 13.2 Å². The van der Waals surface area contributed by atoms with Crippen LogP contribution in [0.25, 0.3) is 0 Å². The summed E-state index contributed by atoms with van der Waals surface area (Å²) in [5, 5.41) is 0. The van der Waals surface area contributed by atoms with E-state index in [9.17, 15) is 13.2 Å². The van der Waals surface area contributed by atoms with Gasteiger partial charge in [-0.2, -0.15) is 8.42 Å². The zero-order valence-electron chi connectivity index (χ0n) is 8.14. The Morgan fingerprint density at radius 3 is 2.36 bits per heavy atom.